The lowest BCUT2D eigenvalue weighted by Crippen LogP contribution is -2.43. The summed E-state index contributed by atoms with van der Waals surface area (Å²) in [5.74, 6) is -2.52. The number of benzene rings is 2. The largest absolute Gasteiger partial charge is 0.497 e. The maximum absolute atomic E-state index is 12.4. The summed E-state index contributed by atoms with van der Waals surface area (Å²) in [6, 6.07) is 10.9. The van der Waals surface area contributed by atoms with Gasteiger partial charge in [-0.2, -0.15) is 0 Å². The maximum Gasteiger partial charge on any atom is 0.311 e. The van der Waals surface area contributed by atoms with E-state index in [1.54, 1.807) is 24.3 Å². The first-order valence-electron chi connectivity index (χ1n) is 9.43. The highest BCUT2D eigenvalue weighted by atomic mass is 35.5. The summed E-state index contributed by atoms with van der Waals surface area (Å²) in [5, 5.41) is 4.10. The van der Waals surface area contributed by atoms with Crippen LogP contribution < -0.4 is 15.5 Å². The van der Waals surface area contributed by atoms with Gasteiger partial charge in [0.15, 0.2) is 6.61 Å². The second-order valence-electron chi connectivity index (χ2n) is 6.85. The molecule has 168 valence electrons. The number of hydrogen-bond acceptors (Lipinski definition) is 6. The van der Waals surface area contributed by atoms with Crippen LogP contribution in [0.4, 0.5) is 5.69 Å². The lowest BCUT2D eigenvalue weighted by atomic mass is 10.1. The molecule has 1 heterocycles. The smallest absolute Gasteiger partial charge is 0.311 e. The summed E-state index contributed by atoms with van der Waals surface area (Å²) in [5.41, 5.74) is 3.06. The van der Waals surface area contributed by atoms with Crippen molar-refractivity contribution < 1.29 is 28.7 Å². The Bertz CT molecular complexity index is 1040. The van der Waals surface area contributed by atoms with Crippen LogP contribution in [-0.4, -0.2) is 49.0 Å². The van der Waals surface area contributed by atoms with E-state index in [1.807, 2.05) is 0 Å². The number of carbonyl (C=O) groups is 4. The van der Waals surface area contributed by atoms with Gasteiger partial charge < -0.3 is 14.8 Å². The summed E-state index contributed by atoms with van der Waals surface area (Å²) in [6.45, 7) is -0.600. The van der Waals surface area contributed by atoms with Crippen LogP contribution in [0.25, 0.3) is 0 Å². The minimum atomic E-state index is -0.822. The standard InChI is InChI=1S/C21H19Cl2N3O6/c1-31-15-5-3-14(4-6-15)24-18(27)11-32-21(30)12-8-19(28)26(10-12)25-20(29)16-7-2-13(22)9-17(16)23/h2-7,9,12H,8,10-11H2,1H3,(H,24,27)(H,25,29)/t12-/m0/s1. The van der Waals surface area contributed by atoms with Crippen LogP contribution in [0.3, 0.4) is 0 Å². The summed E-state index contributed by atoms with van der Waals surface area (Å²) in [4.78, 5) is 48.8. The molecule has 0 radical (unpaired) electrons. The fourth-order valence-electron chi connectivity index (χ4n) is 2.96. The average Bonchev–Trinajstić information content (AvgIpc) is 3.12. The number of anilines is 1. The monoisotopic (exact) mass is 479 g/mol. The SMILES string of the molecule is COc1ccc(NC(=O)COC(=O)[C@H]2CC(=O)N(NC(=O)c3ccc(Cl)cc3Cl)C2)cc1. The Balaban J connectivity index is 1.48. The van der Waals surface area contributed by atoms with Gasteiger partial charge in [-0.1, -0.05) is 23.2 Å². The molecule has 0 saturated carbocycles. The maximum atomic E-state index is 12.4. The molecule has 1 atom stereocenters. The van der Waals surface area contributed by atoms with Crippen LogP contribution in [0, 0.1) is 5.92 Å². The Kier molecular flexibility index (Phi) is 7.55. The van der Waals surface area contributed by atoms with Crippen molar-refractivity contribution in [2.45, 2.75) is 6.42 Å². The zero-order valence-corrected chi connectivity index (χ0v) is 18.4. The molecule has 1 fully saturated rings. The predicted molar refractivity (Wildman–Crippen MR) is 116 cm³/mol. The van der Waals surface area contributed by atoms with Gasteiger partial charge in [-0.05, 0) is 42.5 Å². The number of rotatable bonds is 7. The van der Waals surface area contributed by atoms with Crippen LogP contribution >= 0.6 is 23.2 Å². The Morgan fingerprint density at radius 3 is 2.50 bits per heavy atom. The minimum Gasteiger partial charge on any atom is -0.497 e. The zero-order chi connectivity index (χ0) is 23.3. The molecule has 0 aliphatic carbocycles. The first-order chi connectivity index (χ1) is 15.3. The highest BCUT2D eigenvalue weighted by Gasteiger charge is 2.37. The highest BCUT2D eigenvalue weighted by Crippen LogP contribution is 2.22. The Morgan fingerprint density at radius 1 is 1.12 bits per heavy atom. The molecule has 3 rings (SSSR count). The number of hydrogen-bond donors (Lipinski definition) is 2. The summed E-state index contributed by atoms with van der Waals surface area (Å²) in [6.07, 6.45) is -0.159. The van der Waals surface area contributed by atoms with Crippen molar-refractivity contribution in [3.63, 3.8) is 0 Å². The van der Waals surface area contributed by atoms with Crippen LogP contribution in [0.5, 0.6) is 5.75 Å². The van der Waals surface area contributed by atoms with Gasteiger partial charge in [-0.15, -0.1) is 0 Å². The molecule has 1 saturated heterocycles. The zero-order valence-electron chi connectivity index (χ0n) is 16.9. The van der Waals surface area contributed by atoms with Crippen molar-refractivity contribution in [2.24, 2.45) is 5.92 Å². The second-order valence-corrected chi connectivity index (χ2v) is 7.70. The fourth-order valence-corrected chi connectivity index (χ4v) is 3.45. The number of methoxy groups -OCH3 is 1. The Morgan fingerprint density at radius 2 is 1.84 bits per heavy atom. The average molecular weight is 480 g/mol. The Hall–Kier alpha value is -3.30. The summed E-state index contributed by atoms with van der Waals surface area (Å²) in [7, 11) is 1.53. The van der Waals surface area contributed by atoms with Crippen LogP contribution in [0.2, 0.25) is 10.0 Å². The van der Waals surface area contributed by atoms with Crippen molar-refractivity contribution >= 4 is 52.6 Å². The third-order valence-electron chi connectivity index (χ3n) is 4.59. The van der Waals surface area contributed by atoms with Gasteiger partial charge in [0.25, 0.3) is 11.8 Å². The molecule has 32 heavy (non-hydrogen) atoms. The third-order valence-corrected chi connectivity index (χ3v) is 5.14. The lowest BCUT2D eigenvalue weighted by molar-refractivity contribution is -0.151. The molecule has 9 nitrogen and oxygen atoms in total. The molecule has 0 bridgehead atoms. The topological polar surface area (TPSA) is 114 Å². The first kappa shape index (κ1) is 23.4. The fraction of sp³-hybridized carbons (Fsp3) is 0.238. The van der Waals surface area contributed by atoms with E-state index in [1.165, 1.54) is 25.3 Å². The van der Waals surface area contributed by atoms with Gasteiger partial charge >= 0.3 is 5.97 Å². The van der Waals surface area contributed by atoms with E-state index < -0.39 is 36.2 Å². The number of halogens is 2. The predicted octanol–water partition coefficient (Wildman–Crippen LogP) is 2.68. The number of carbonyl (C=O) groups excluding carboxylic acids is 4. The normalized spacial score (nSPS) is 15.3. The van der Waals surface area contributed by atoms with Crippen molar-refractivity contribution in [2.75, 3.05) is 25.6 Å². The summed E-state index contributed by atoms with van der Waals surface area (Å²) >= 11 is 11.8. The van der Waals surface area contributed by atoms with Gasteiger partial charge in [-0.25, -0.2) is 0 Å². The second kappa shape index (κ2) is 10.3. The quantitative estimate of drug-likeness (QED) is 0.590. The molecular weight excluding hydrogens is 461 g/mol. The number of amides is 3. The van der Waals surface area contributed by atoms with Gasteiger partial charge in [0, 0.05) is 17.1 Å². The van der Waals surface area contributed by atoms with Crippen molar-refractivity contribution in [3.8, 4) is 5.75 Å². The van der Waals surface area contributed by atoms with E-state index in [9.17, 15) is 19.2 Å². The molecule has 2 aromatic carbocycles. The van der Waals surface area contributed by atoms with Crippen LogP contribution in [0.1, 0.15) is 16.8 Å². The molecule has 3 amide bonds. The van der Waals surface area contributed by atoms with E-state index in [2.05, 4.69) is 10.7 Å². The van der Waals surface area contributed by atoms with E-state index in [0.29, 0.717) is 16.5 Å². The van der Waals surface area contributed by atoms with E-state index in [4.69, 9.17) is 32.7 Å². The third kappa shape index (κ3) is 5.89. The van der Waals surface area contributed by atoms with Crippen molar-refractivity contribution in [1.29, 1.82) is 0 Å². The highest BCUT2D eigenvalue weighted by molar-refractivity contribution is 6.36. The number of nitrogens with zero attached hydrogens (tertiary/aromatic N) is 1. The molecular formula is C21H19Cl2N3O6. The molecule has 1 aliphatic heterocycles. The van der Waals surface area contributed by atoms with Gasteiger partial charge in [-0.3, -0.25) is 29.6 Å². The number of nitrogens with one attached hydrogen (secondary N) is 2. The molecule has 2 N–H and O–H groups in total. The number of hydrazine groups is 1. The minimum absolute atomic E-state index is 0.0886. The first-order valence-corrected chi connectivity index (χ1v) is 10.2. The van der Waals surface area contributed by atoms with Gasteiger partial charge in [0.05, 0.1) is 30.2 Å². The molecule has 2 aromatic rings. The molecule has 0 unspecified atom stereocenters. The molecule has 11 heteroatoms. The van der Waals surface area contributed by atoms with Crippen molar-refractivity contribution in [3.05, 3.63) is 58.1 Å². The Labute approximate surface area is 193 Å². The molecule has 1 aliphatic rings. The van der Waals surface area contributed by atoms with E-state index in [-0.39, 0.29) is 23.6 Å². The van der Waals surface area contributed by atoms with Gasteiger partial charge in [0.2, 0.25) is 5.91 Å². The molecule has 0 spiro atoms. The van der Waals surface area contributed by atoms with Crippen LogP contribution in [0.15, 0.2) is 42.5 Å². The van der Waals surface area contributed by atoms with E-state index in [0.717, 1.165) is 5.01 Å². The summed E-state index contributed by atoms with van der Waals surface area (Å²) < 4.78 is 10.1. The number of esters is 1. The van der Waals surface area contributed by atoms with Crippen molar-refractivity contribution in [1.82, 2.24) is 10.4 Å². The van der Waals surface area contributed by atoms with Gasteiger partial charge in [0.1, 0.15) is 5.75 Å². The number of ether oxygens (including phenoxy) is 2. The molecule has 0 aromatic heterocycles. The van der Waals surface area contributed by atoms with E-state index >= 15 is 0 Å². The van der Waals surface area contributed by atoms with Crippen LogP contribution in [-0.2, 0) is 19.1 Å². The lowest BCUT2D eigenvalue weighted by Gasteiger charge is -2.18.